The molecule has 4 aliphatic carbocycles. The lowest BCUT2D eigenvalue weighted by molar-refractivity contribution is -0.00457. The Morgan fingerprint density at radius 1 is 0.558 bits per heavy atom. The van der Waals surface area contributed by atoms with Crippen LogP contribution in [0.3, 0.4) is 0 Å². The van der Waals surface area contributed by atoms with E-state index < -0.39 is 0 Å². The minimum Gasteiger partial charge on any atom is -0.443 e. The van der Waals surface area contributed by atoms with E-state index >= 15 is 0 Å². The summed E-state index contributed by atoms with van der Waals surface area (Å²) in [5.41, 5.74) is 8.59. The quantitative estimate of drug-likeness (QED) is 0.210. The zero-order valence-electron chi connectivity index (χ0n) is 24.0. The third-order valence-electron chi connectivity index (χ3n) is 10.2. The molecule has 43 heavy (non-hydrogen) atoms. The lowest BCUT2D eigenvalue weighted by Gasteiger charge is -2.57. The van der Waals surface area contributed by atoms with E-state index in [0.29, 0.717) is 17.5 Å². The van der Waals surface area contributed by atoms with Crippen LogP contribution in [0, 0.1) is 17.8 Å². The van der Waals surface area contributed by atoms with Gasteiger partial charge in [-0.05, 0) is 78.9 Å². The van der Waals surface area contributed by atoms with Crippen molar-refractivity contribution in [2.24, 2.45) is 17.8 Å². The normalized spacial score (nSPS) is 24.0. The first-order valence-corrected chi connectivity index (χ1v) is 15.6. The van der Waals surface area contributed by atoms with Gasteiger partial charge in [-0.25, -0.2) is 19.9 Å². The molecule has 0 aliphatic heterocycles. The molecule has 0 spiro atoms. The van der Waals surface area contributed by atoms with Crippen molar-refractivity contribution in [2.45, 2.75) is 43.9 Å². The van der Waals surface area contributed by atoms with E-state index in [1.165, 1.54) is 44.1 Å². The maximum absolute atomic E-state index is 6.15. The molecule has 4 saturated carbocycles. The van der Waals surface area contributed by atoms with Gasteiger partial charge < -0.3 is 4.42 Å². The van der Waals surface area contributed by atoms with E-state index in [1.54, 1.807) is 6.39 Å². The van der Waals surface area contributed by atoms with Crippen molar-refractivity contribution in [1.82, 2.24) is 19.9 Å². The molecule has 2 aromatic heterocycles. The highest BCUT2D eigenvalue weighted by Gasteiger charge is 2.52. The number of hydrogen-bond donors (Lipinski definition) is 0. The minimum absolute atomic E-state index is 0.261. The first-order chi connectivity index (χ1) is 21.2. The minimum atomic E-state index is 0.261. The second-order valence-electron chi connectivity index (χ2n) is 13.0. The number of benzene rings is 4. The largest absolute Gasteiger partial charge is 0.443 e. The van der Waals surface area contributed by atoms with Crippen molar-refractivity contribution >= 4 is 11.1 Å². The summed E-state index contributed by atoms with van der Waals surface area (Å²) in [7, 11) is 0. The summed E-state index contributed by atoms with van der Waals surface area (Å²) >= 11 is 0. The molecule has 5 heteroatoms. The summed E-state index contributed by atoms with van der Waals surface area (Å²) in [4.78, 5) is 19.6. The molecule has 0 N–H and O–H groups in total. The maximum atomic E-state index is 6.15. The second-order valence-corrected chi connectivity index (χ2v) is 13.0. The van der Waals surface area contributed by atoms with Crippen molar-refractivity contribution in [1.29, 1.82) is 0 Å². The van der Waals surface area contributed by atoms with Gasteiger partial charge in [-0.2, -0.15) is 0 Å². The van der Waals surface area contributed by atoms with Crippen LogP contribution in [0.2, 0.25) is 0 Å². The first-order valence-electron chi connectivity index (χ1n) is 15.6. The molecular formula is C38H32N4O. The van der Waals surface area contributed by atoms with Crippen LogP contribution in [-0.4, -0.2) is 19.9 Å². The number of nitrogens with zero attached hydrogens (tertiary/aromatic N) is 4. The van der Waals surface area contributed by atoms with E-state index in [-0.39, 0.29) is 5.41 Å². The van der Waals surface area contributed by atoms with Crippen molar-refractivity contribution in [3.8, 4) is 45.3 Å². The summed E-state index contributed by atoms with van der Waals surface area (Å²) < 4.78 is 6.15. The lowest BCUT2D eigenvalue weighted by Crippen LogP contribution is -2.48. The van der Waals surface area contributed by atoms with E-state index in [2.05, 4.69) is 36.4 Å². The van der Waals surface area contributed by atoms with Gasteiger partial charge in [0.15, 0.2) is 29.4 Å². The van der Waals surface area contributed by atoms with Crippen LogP contribution in [0.25, 0.3) is 56.4 Å². The zero-order valence-corrected chi connectivity index (χ0v) is 24.0. The van der Waals surface area contributed by atoms with Crippen LogP contribution in [-0.2, 0) is 5.41 Å². The van der Waals surface area contributed by atoms with E-state index in [1.807, 2.05) is 60.7 Å². The fraction of sp³-hybridized carbons (Fsp3) is 0.263. The highest BCUT2D eigenvalue weighted by molar-refractivity contribution is 5.93. The summed E-state index contributed by atoms with van der Waals surface area (Å²) in [6.07, 6.45) is 9.85. The Hall–Kier alpha value is -4.64. The van der Waals surface area contributed by atoms with E-state index in [0.717, 1.165) is 56.7 Å². The number of hydrogen-bond acceptors (Lipinski definition) is 5. The van der Waals surface area contributed by atoms with Crippen molar-refractivity contribution in [3.05, 3.63) is 109 Å². The highest BCUT2D eigenvalue weighted by Crippen LogP contribution is 2.61. The molecule has 0 radical (unpaired) electrons. The Kier molecular flexibility index (Phi) is 5.62. The van der Waals surface area contributed by atoms with Gasteiger partial charge in [-0.1, -0.05) is 91.0 Å². The summed E-state index contributed by atoms with van der Waals surface area (Å²) in [6.45, 7) is 0. The standard InChI is InChI=1S/C38H32N4O/c1-3-8-27(9-4-1)35-40-36(28-10-5-2-6-11-28)42-37(41-35)30-13-7-12-29(19-30)31-14-15-32(33-34(31)43-23-39-33)38-20-24-16-25(21-38)18-26(17-24)22-38/h1-15,19,23-26H,16-18,20-22H2. The van der Waals surface area contributed by atoms with Crippen molar-refractivity contribution < 1.29 is 4.42 Å². The first kappa shape index (κ1) is 24.9. The molecule has 210 valence electrons. The number of aromatic nitrogens is 4. The Labute approximate surface area is 251 Å². The monoisotopic (exact) mass is 560 g/mol. The Bertz CT molecular complexity index is 1870. The molecule has 10 rings (SSSR count). The van der Waals surface area contributed by atoms with Crippen LogP contribution >= 0.6 is 0 Å². The van der Waals surface area contributed by atoms with Gasteiger partial charge in [0.05, 0.1) is 0 Å². The molecule has 4 bridgehead atoms. The summed E-state index contributed by atoms with van der Waals surface area (Å²) in [5, 5.41) is 0. The molecule has 5 nitrogen and oxygen atoms in total. The molecule has 4 aliphatic rings. The molecule has 4 aromatic carbocycles. The predicted octanol–water partition coefficient (Wildman–Crippen LogP) is 9.15. The fourth-order valence-corrected chi connectivity index (χ4v) is 8.81. The van der Waals surface area contributed by atoms with E-state index in [9.17, 15) is 0 Å². The van der Waals surface area contributed by atoms with Crippen LogP contribution in [0.4, 0.5) is 0 Å². The average Bonchev–Trinajstić information content (AvgIpc) is 3.55. The molecule has 6 aromatic rings. The molecule has 4 fully saturated rings. The van der Waals surface area contributed by atoms with Gasteiger partial charge in [-0.3, -0.25) is 0 Å². The van der Waals surface area contributed by atoms with Gasteiger partial charge in [0.25, 0.3) is 0 Å². The average molecular weight is 561 g/mol. The van der Waals surface area contributed by atoms with Gasteiger partial charge >= 0.3 is 0 Å². The predicted molar refractivity (Wildman–Crippen MR) is 169 cm³/mol. The second kappa shape index (κ2) is 9.70. The molecule has 0 unspecified atom stereocenters. The third kappa shape index (κ3) is 4.21. The van der Waals surface area contributed by atoms with Gasteiger partial charge in [-0.15, -0.1) is 0 Å². The Morgan fingerprint density at radius 3 is 1.70 bits per heavy atom. The van der Waals surface area contributed by atoms with Crippen LogP contribution in [0.1, 0.15) is 44.1 Å². The molecule has 0 saturated heterocycles. The maximum Gasteiger partial charge on any atom is 0.182 e. The van der Waals surface area contributed by atoms with Gasteiger partial charge in [0.2, 0.25) is 0 Å². The van der Waals surface area contributed by atoms with Crippen LogP contribution in [0.5, 0.6) is 0 Å². The Morgan fingerprint density at radius 2 is 1.09 bits per heavy atom. The highest BCUT2D eigenvalue weighted by atomic mass is 16.3. The number of rotatable bonds is 5. The van der Waals surface area contributed by atoms with Crippen LogP contribution in [0.15, 0.2) is 108 Å². The van der Waals surface area contributed by atoms with Gasteiger partial charge in [0.1, 0.15) is 5.52 Å². The summed E-state index contributed by atoms with van der Waals surface area (Å²) in [6, 6.07) is 33.3. The molecule has 0 atom stereocenters. The fourth-order valence-electron chi connectivity index (χ4n) is 8.81. The Balaban J connectivity index is 1.14. The van der Waals surface area contributed by atoms with E-state index in [4.69, 9.17) is 24.4 Å². The molecular weight excluding hydrogens is 528 g/mol. The topological polar surface area (TPSA) is 64.7 Å². The molecule has 0 amide bonds. The SMILES string of the molecule is c1ccc(-c2nc(-c3ccccc3)nc(-c3cccc(-c4ccc(C56CC7CC(CC(C7)C5)C6)c5ncoc45)c3)n2)cc1. The zero-order chi connectivity index (χ0) is 28.4. The van der Waals surface area contributed by atoms with Gasteiger partial charge in [0, 0.05) is 22.3 Å². The van der Waals surface area contributed by atoms with Crippen molar-refractivity contribution in [3.63, 3.8) is 0 Å². The van der Waals surface area contributed by atoms with Crippen LogP contribution < -0.4 is 0 Å². The van der Waals surface area contributed by atoms with Crippen molar-refractivity contribution in [2.75, 3.05) is 0 Å². The summed E-state index contributed by atoms with van der Waals surface area (Å²) in [5.74, 6) is 4.61. The molecule has 2 heterocycles. The third-order valence-corrected chi connectivity index (χ3v) is 10.2. The number of oxazole rings is 1. The number of fused-ring (bicyclic) bond motifs is 1. The lowest BCUT2D eigenvalue weighted by atomic mass is 9.48. The smallest absolute Gasteiger partial charge is 0.182 e.